The zero-order valence-corrected chi connectivity index (χ0v) is 15.7. The van der Waals surface area contributed by atoms with Gasteiger partial charge in [0.15, 0.2) is 0 Å². The molecule has 0 aromatic heterocycles. The van der Waals surface area contributed by atoms with Crippen molar-refractivity contribution in [3.8, 4) is 5.75 Å². The van der Waals surface area contributed by atoms with E-state index in [4.69, 9.17) is 4.74 Å². The molecular weight excluding hydrogens is 342 g/mol. The molecular formula is C22H21NO2S. The molecule has 0 saturated heterocycles. The topological polar surface area (TPSA) is 38.7 Å². The van der Waals surface area contributed by atoms with Crippen LogP contribution in [-0.2, 0) is 17.3 Å². The molecule has 0 aliphatic rings. The van der Waals surface area contributed by atoms with Crippen molar-refractivity contribution in [3.63, 3.8) is 0 Å². The maximum atomic E-state index is 12.9. The summed E-state index contributed by atoms with van der Waals surface area (Å²) in [6.07, 6.45) is 1.80. The fourth-order valence-electron chi connectivity index (χ4n) is 2.53. The lowest BCUT2D eigenvalue weighted by Crippen LogP contribution is -1.98. The number of hydrogen-bond donors (Lipinski definition) is 0. The smallest absolute Gasteiger partial charge is 0.118 e. The van der Waals surface area contributed by atoms with Crippen molar-refractivity contribution in [1.82, 2.24) is 0 Å². The number of ether oxygens (including phenoxy) is 1. The number of nitrogens with zero attached hydrogens (tertiary/aromatic N) is 1. The van der Waals surface area contributed by atoms with Gasteiger partial charge in [0, 0.05) is 16.7 Å². The molecule has 0 aliphatic heterocycles. The molecule has 0 spiro atoms. The summed E-state index contributed by atoms with van der Waals surface area (Å²) in [7, 11) is 0.424. The number of hydrogen-bond acceptors (Lipinski definition) is 3. The van der Waals surface area contributed by atoms with Crippen molar-refractivity contribution in [2.45, 2.75) is 23.3 Å². The van der Waals surface area contributed by atoms with Gasteiger partial charge in [-0.1, -0.05) is 48.0 Å². The summed E-state index contributed by atoms with van der Waals surface area (Å²) >= 11 is 0. The van der Waals surface area contributed by atoms with Gasteiger partial charge in [0.2, 0.25) is 0 Å². The molecule has 0 saturated carbocycles. The summed E-state index contributed by atoms with van der Waals surface area (Å²) < 4.78 is 18.1. The Bertz CT molecular complexity index is 916. The number of benzene rings is 3. The summed E-state index contributed by atoms with van der Waals surface area (Å²) in [4.78, 5) is 6.09. The van der Waals surface area contributed by atoms with Crippen LogP contribution in [0.15, 0.2) is 87.6 Å². The van der Waals surface area contributed by atoms with Crippen molar-refractivity contribution >= 4 is 17.0 Å². The molecule has 4 heteroatoms. The van der Waals surface area contributed by atoms with E-state index in [-0.39, 0.29) is 0 Å². The zero-order chi connectivity index (χ0) is 18.4. The average molecular weight is 363 g/mol. The summed E-state index contributed by atoms with van der Waals surface area (Å²) in [5.74, 6) is 0.830. The lowest BCUT2D eigenvalue weighted by Gasteiger charge is -2.06. The van der Waals surface area contributed by atoms with E-state index in [1.807, 2.05) is 79.7 Å². The third kappa shape index (κ3) is 4.46. The van der Waals surface area contributed by atoms with E-state index >= 15 is 0 Å². The Balaban J connectivity index is 1.78. The number of methoxy groups -OCH3 is 1. The van der Waals surface area contributed by atoms with Gasteiger partial charge in [-0.15, -0.1) is 0 Å². The molecule has 0 fully saturated rings. The van der Waals surface area contributed by atoms with Gasteiger partial charge in [-0.2, -0.15) is 0 Å². The van der Waals surface area contributed by atoms with Gasteiger partial charge in [0.25, 0.3) is 0 Å². The van der Waals surface area contributed by atoms with Crippen molar-refractivity contribution in [3.05, 3.63) is 89.5 Å². The minimum Gasteiger partial charge on any atom is -0.497 e. The molecule has 3 aromatic carbocycles. The summed E-state index contributed by atoms with van der Waals surface area (Å²) in [5, 5.41) is 0. The van der Waals surface area contributed by atoms with E-state index in [0.717, 1.165) is 32.2 Å². The maximum Gasteiger partial charge on any atom is 0.118 e. The first-order valence-electron chi connectivity index (χ1n) is 8.37. The van der Waals surface area contributed by atoms with Crippen LogP contribution in [0.25, 0.3) is 0 Å². The first-order chi connectivity index (χ1) is 12.7. The molecule has 0 bridgehead atoms. The Morgan fingerprint density at radius 1 is 0.962 bits per heavy atom. The van der Waals surface area contributed by atoms with Gasteiger partial charge in [0.05, 0.1) is 29.3 Å². The van der Waals surface area contributed by atoms with E-state index in [2.05, 4.69) is 4.99 Å². The lowest BCUT2D eigenvalue weighted by atomic mass is 10.2. The lowest BCUT2D eigenvalue weighted by molar-refractivity contribution is 0.414. The summed E-state index contributed by atoms with van der Waals surface area (Å²) in [6, 6.07) is 23.3. The number of aryl methyl sites for hydroxylation is 1. The normalized spacial score (nSPS) is 12.2. The predicted molar refractivity (Wildman–Crippen MR) is 107 cm³/mol. The van der Waals surface area contributed by atoms with Crippen LogP contribution in [0.1, 0.15) is 16.7 Å². The second kappa shape index (κ2) is 8.59. The van der Waals surface area contributed by atoms with Crippen LogP contribution in [-0.4, -0.2) is 17.5 Å². The minimum atomic E-state index is -1.23. The average Bonchev–Trinajstić information content (AvgIpc) is 2.69. The Morgan fingerprint density at radius 3 is 2.35 bits per heavy atom. The summed E-state index contributed by atoms with van der Waals surface area (Å²) in [6.45, 7) is 2.59. The van der Waals surface area contributed by atoms with Gasteiger partial charge < -0.3 is 4.74 Å². The Hall–Kier alpha value is -2.72. The molecule has 26 heavy (non-hydrogen) atoms. The molecule has 0 aliphatic carbocycles. The molecule has 0 radical (unpaired) electrons. The Kier molecular flexibility index (Phi) is 5.97. The van der Waals surface area contributed by atoms with Gasteiger partial charge in [-0.25, -0.2) is 4.21 Å². The number of rotatable bonds is 6. The highest BCUT2D eigenvalue weighted by atomic mass is 32.2. The highest BCUT2D eigenvalue weighted by Gasteiger charge is 2.10. The highest BCUT2D eigenvalue weighted by Crippen LogP contribution is 2.20. The standard InChI is InChI=1S/C22H21NO2S/c1-17-7-13-21(14-8-17)26(24)22-6-4-3-5-19(22)16-23-15-18-9-11-20(25-2)12-10-18/h3-14,16H,15H2,1-2H3/t26-/m0/s1. The van der Waals surface area contributed by atoms with E-state index in [1.54, 1.807) is 13.3 Å². The van der Waals surface area contributed by atoms with Gasteiger partial charge in [-0.3, -0.25) is 4.99 Å². The quantitative estimate of drug-likeness (QED) is 0.591. The molecule has 0 amide bonds. The third-order valence-electron chi connectivity index (χ3n) is 4.02. The van der Waals surface area contributed by atoms with Crippen molar-refractivity contribution in [2.75, 3.05) is 7.11 Å². The molecule has 1 atom stereocenters. The van der Waals surface area contributed by atoms with Crippen LogP contribution in [0, 0.1) is 6.92 Å². The van der Waals surface area contributed by atoms with Crippen LogP contribution < -0.4 is 4.74 Å². The predicted octanol–water partition coefficient (Wildman–Crippen LogP) is 4.79. The monoisotopic (exact) mass is 363 g/mol. The maximum absolute atomic E-state index is 12.9. The molecule has 0 unspecified atom stereocenters. The van der Waals surface area contributed by atoms with Crippen LogP contribution in [0.2, 0.25) is 0 Å². The SMILES string of the molecule is COc1ccc(CN=Cc2ccccc2[S@@](=O)c2ccc(C)cc2)cc1. The van der Waals surface area contributed by atoms with Crippen LogP contribution in [0.3, 0.4) is 0 Å². The largest absolute Gasteiger partial charge is 0.497 e. The second-order valence-corrected chi connectivity index (χ2v) is 7.39. The van der Waals surface area contributed by atoms with E-state index in [1.165, 1.54) is 0 Å². The van der Waals surface area contributed by atoms with Crippen molar-refractivity contribution < 1.29 is 8.95 Å². The van der Waals surface area contributed by atoms with E-state index in [9.17, 15) is 4.21 Å². The van der Waals surface area contributed by atoms with Crippen LogP contribution in [0.5, 0.6) is 5.75 Å². The molecule has 3 rings (SSSR count). The van der Waals surface area contributed by atoms with Crippen LogP contribution in [0.4, 0.5) is 0 Å². The molecule has 132 valence electrons. The van der Waals surface area contributed by atoms with E-state index < -0.39 is 10.8 Å². The van der Waals surface area contributed by atoms with E-state index in [0.29, 0.717) is 6.54 Å². The minimum absolute atomic E-state index is 0.565. The molecule has 3 aromatic rings. The third-order valence-corrected chi connectivity index (χ3v) is 5.49. The summed E-state index contributed by atoms with van der Waals surface area (Å²) in [5.41, 5.74) is 3.12. The van der Waals surface area contributed by atoms with Crippen LogP contribution >= 0.6 is 0 Å². The van der Waals surface area contributed by atoms with Gasteiger partial charge in [-0.05, 0) is 42.8 Å². The fourth-order valence-corrected chi connectivity index (χ4v) is 3.70. The molecule has 3 nitrogen and oxygen atoms in total. The first-order valence-corrected chi connectivity index (χ1v) is 9.52. The zero-order valence-electron chi connectivity index (χ0n) is 14.9. The van der Waals surface area contributed by atoms with Crippen molar-refractivity contribution in [2.24, 2.45) is 4.99 Å². The Morgan fingerprint density at radius 2 is 1.65 bits per heavy atom. The molecule has 0 heterocycles. The fraction of sp³-hybridized carbons (Fsp3) is 0.136. The Labute approximate surface area is 156 Å². The first kappa shape index (κ1) is 18.1. The second-order valence-electron chi connectivity index (χ2n) is 5.94. The molecule has 0 N–H and O–H groups in total. The highest BCUT2D eigenvalue weighted by molar-refractivity contribution is 7.85. The van der Waals surface area contributed by atoms with Crippen molar-refractivity contribution in [1.29, 1.82) is 0 Å². The number of aliphatic imine (C=N–C) groups is 1. The van der Waals surface area contributed by atoms with Gasteiger partial charge >= 0.3 is 0 Å². The van der Waals surface area contributed by atoms with Gasteiger partial charge in [0.1, 0.15) is 5.75 Å².